The normalized spacial score (nSPS) is 6.50. The summed E-state index contributed by atoms with van der Waals surface area (Å²) in [4.78, 5) is 0. The Morgan fingerprint density at radius 2 is 1.08 bits per heavy atom. The molecule has 0 aliphatic heterocycles. The van der Waals surface area contributed by atoms with Gasteiger partial charge in [-0.15, -0.1) is 12.1 Å². The second kappa shape index (κ2) is 12.2. The van der Waals surface area contributed by atoms with Gasteiger partial charge < -0.3 is 0 Å². The molecule has 0 N–H and O–H groups in total. The Hall–Kier alpha value is 1.17. The van der Waals surface area contributed by atoms with E-state index in [1.807, 2.05) is 38.1 Å². The van der Waals surface area contributed by atoms with Gasteiger partial charge in [-0.25, -0.2) is 12.1 Å². The third kappa shape index (κ3) is 7.80. The van der Waals surface area contributed by atoms with Gasteiger partial charge in [-0.2, -0.15) is 0 Å². The Morgan fingerprint density at radius 1 is 0.833 bits per heavy atom. The molecular formula is C10H14Y2-2. The van der Waals surface area contributed by atoms with Gasteiger partial charge in [0.1, 0.15) is 0 Å². The summed E-state index contributed by atoms with van der Waals surface area (Å²) in [5.41, 5.74) is 2.01. The molecule has 0 unspecified atom stereocenters. The van der Waals surface area contributed by atoms with Gasteiger partial charge in [-0.05, 0) is 0 Å². The average molecular weight is 312 g/mol. The number of benzene rings is 1. The van der Waals surface area contributed by atoms with E-state index in [4.69, 9.17) is 0 Å². The summed E-state index contributed by atoms with van der Waals surface area (Å²) >= 11 is 0. The molecule has 1 aromatic carbocycles. The monoisotopic (exact) mass is 312 g/mol. The molecule has 0 amide bonds. The third-order valence-corrected chi connectivity index (χ3v) is 1.12. The molecule has 0 heterocycles. The van der Waals surface area contributed by atoms with Crippen molar-refractivity contribution in [3.8, 4) is 0 Å². The maximum Gasteiger partial charge on any atom is 0 e. The minimum atomic E-state index is 0. The first-order valence-corrected chi connectivity index (χ1v) is 3.53. The first kappa shape index (κ1) is 18.9. The maximum absolute atomic E-state index is 3.76. The molecule has 0 atom stereocenters. The first-order valence-electron chi connectivity index (χ1n) is 3.53. The summed E-state index contributed by atoms with van der Waals surface area (Å²) < 4.78 is 0. The predicted molar refractivity (Wildman–Crippen MR) is 46.7 cm³/mol. The van der Waals surface area contributed by atoms with Crippen molar-refractivity contribution in [2.75, 3.05) is 0 Å². The minimum Gasteiger partial charge on any atom is -0.299 e. The van der Waals surface area contributed by atoms with Gasteiger partial charge in [0, 0.05) is 65.4 Å². The maximum atomic E-state index is 3.76. The predicted octanol–water partition coefficient (Wildman–Crippen LogP) is 3.07. The number of rotatable bonds is 0. The van der Waals surface area contributed by atoms with Crippen LogP contribution < -0.4 is 0 Å². The van der Waals surface area contributed by atoms with Crippen molar-refractivity contribution < 1.29 is 65.4 Å². The smallest absolute Gasteiger partial charge is 0 e. The van der Waals surface area contributed by atoms with Gasteiger partial charge in [0.05, 0.1) is 0 Å². The van der Waals surface area contributed by atoms with Crippen molar-refractivity contribution >= 4 is 0 Å². The van der Waals surface area contributed by atoms with Crippen LogP contribution in [-0.4, -0.2) is 0 Å². The van der Waals surface area contributed by atoms with Gasteiger partial charge in [0.25, 0.3) is 0 Å². The van der Waals surface area contributed by atoms with Gasteiger partial charge in [0.15, 0.2) is 0 Å². The van der Waals surface area contributed by atoms with Gasteiger partial charge >= 0.3 is 0 Å². The largest absolute Gasteiger partial charge is 0.299 e. The fraction of sp³-hybridized carbons (Fsp3) is 0.200. The van der Waals surface area contributed by atoms with Crippen molar-refractivity contribution in [3.63, 3.8) is 0 Å². The van der Waals surface area contributed by atoms with E-state index in [1.165, 1.54) is 0 Å². The van der Waals surface area contributed by atoms with Crippen LogP contribution in [0.1, 0.15) is 25.0 Å². The molecule has 0 bridgehead atoms. The van der Waals surface area contributed by atoms with Crippen LogP contribution in [-0.2, 0) is 65.4 Å². The van der Waals surface area contributed by atoms with Crippen LogP contribution in [0.3, 0.4) is 0 Å². The molecule has 1 aromatic rings. The number of hydrogen-bond donors (Lipinski definition) is 0. The second-order valence-electron chi connectivity index (χ2n) is 1.77. The second-order valence-corrected chi connectivity index (χ2v) is 1.77. The van der Waals surface area contributed by atoms with Crippen LogP contribution in [0.4, 0.5) is 0 Å². The van der Waals surface area contributed by atoms with E-state index >= 15 is 0 Å². The zero-order chi connectivity index (χ0) is 7.98. The average Bonchev–Trinajstić information content (AvgIpc) is 2.00. The van der Waals surface area contributed by atoms with Crippen LogP contribution in [0.15, 0.2) is 24.3 Å². The molecular weight excluding hydrogens is 298 g/mol. The van der Waals surface area contributed by atoms with E-state index in [0.717, 1.165) is 11.1 Å². The molecule has 1 rings (SSSR count). The Balaban J connectivity index is -0.000000189. The first-order chi connectivity index (χ1) is 4.80. The topological polar surface area (TPSA) is 0 Å². The molecule has 0 aliphatic rings. The summed E-state index contributed by atoms with van der Waals surface area (Å²) in [7, 11) is 0. The van der Waals surface area contributed by atoms with Crippen molar-refractivity contribution in [1.82, 2.24) is 0 Å². The van der Waals surface area contributed by atoms with Crippen LogP contribution in [0, 0.1) is 13.8 Å². The molecule has 0 saturated heterocycles. The summed E-state index contributed by atoms with van der Waals surface area (Å²) in [5.74, 6) is 0. The molecule has 0 aromatic heterocycles. The molecule has 0 aliphatic carbocycles. The van der Waals surface area contributed by atoms with E-state index in [2.05, 4.69) is 13.8 Å². The van der Waals surface area contributed by atoms with Crippen LogP contribution >= 0.6 is 0 Å². The summed E-state index contributed by atoms with van der Waals surface area (Å²) in [6.45, 7) is 11.5. The zero-order valence-corrected chi connectivity index (χ0v) is 13.6. The molecule has 2 radical (unpaired) electrons. The van der Waals surface area contributed by atoms with E-state index in [-0.39, 0.29) is 65.4 Å². The minimum absolute atomic E-state index is 0. The molecule has 0 fully saturated rings. The summed E-state index contributed by atoms with van der Waals surface area (Å²) in [6, 6.07) is 7.80. The van der Waals surface area contributed by atoms with Crippen LogP contribution in [0.25, 0.3) is 0 Å². The molecule has 0 nitrogen and oxygen atoms in total. The Kier molecular flexibility index (Phi) is 19.1. The van der Waals surface area contributed by atoms with Crippen LogP contribution in [0.5, 0.6) is 0 Å². The van der Waals surface area contributed by atoms with Crippen molar-refractivity contribution in [3.05, 3.63) is 49.2 Å². The Labute approximate surface area is 127 Å². The molecule has 0 spiro atoms. The molecule has 0 saturated carbocycles. The fourth-order valence-corrected chi connectivity index (χ4v) is 0.557. The molecule has 62 valence electrons. The van der Waals surface area contributed by atoms with E-state index in [1.54, 1.807) is 0 Å². The van der Waals surface area contributed by atoms with Gasteiger partial charge in [0.2, 0.25) is 0 Å². The van der Waals surface area contributed by atoms with Crippen molar-refractivity contribution in [2.24, 2.45) is 0 Å². The fourth-order valence-electron chi connectivity index (χ4n) is 0.557. The van der Waals surface area contributed by atoms with Gasteiger partial charge in [-0.3, -0.25) is 25.0 Å². The van der Waals surface area contributed by atoms with Crippen molar-refractivity contribution in [1.29, 1.82) is 0 Å². The molecule has 2 heteroatoms. The zero-order valence-electron chi connectivity index (χ0n) is 7.88. The summed E-state index contributed by atoms with van der Waals surface area (Å²) in [6.07, 6.45) is 0. The van der Waals surface area contributed by atoms with Crippen LogP contribution in [0.2, 0.25) is 0 Å². The Morgan fingerprint density at radius 3 is 1.25 bits per heavy atom. The standard InChI is InChI=1S/C8H8.C2H6.2Y/c1-7-5-3-4-6-8(7)2;1-2;;/h3-6H,1-2H2;1-2H3;;/q-2;;;. The molecule has 12 heavy (non-hydrogen) atoms. The van der Waals surface area contributed by atoms with Gasteiger partial charge in [-0.1, -0.05) is 13.8 Å². The van der Waals surface area contributed by atoms with E-state index in [9.17, 15) is 0 Å². The number of hydrogen-bond acceptors (Lipinski definition) is 0. The van der Waals surface area contributed by atoms with Crippen molar-refractivity contribution in [2.45, 2.75) is 13.8 Å². The Bertz CT molecular complexity index is 164. The van der Waals surface area contributed by atoms with E-state index in [0.29, 0.717) is 0 Å². The third-order valence-electron chi connectivity index (χ3n) is 1.12. The summed E-state index contributed by atoms with van der Waals surface area (Å²) in [5, 5.41) is 0. The SMILES string of the molecule is CC.[CH2-]c1ccccc1[CH2-].[Y].[Y]. The van der Waals surface area contributed by atoms with E-state index < -0.39 is 0 Å². The quantitative estimate of drug-likeness (QED) is 0.646.